The minimum atomic E-state index is -0.734. The summed E-state index contributed by atoms with van der Waals surface area (Å²) in [6, 6.07) is 10.9. The molecule has 0 bridgehead atoms. The average molecular weight is 521 g/mol. The molecule has 8 nitrogen and oxygen atoms in total. The molecule has 0 radical (unpaired) electrons. The fourth-order valence-corrected chi connectivity index (χ4v) is 2.70. The maximum atomic E-state index is 13.1. The highest BCUT2D eigenvalue weighted by Gasteiger charge is 2.13. The summed E-state index contributed by atoms with van der Waals surface area (Å²) in [6.45, 7) is 3.50. The van der Waals surface area contributed by atoms with Crippen LogP contribution in [0.15, 0.2) is 72.8 Å². The van der Waals surface area contributed by atoms with E-state index in [0.29, 0.717) is 11.5 Å². The molecule has 0 aliphatic heterocycles. The maximum Gasteiger partial charge on any atom is 0.330 e. The second-order valence-corrected chi connectivity index (χ2v) is 7.28. The fraction of sp³-hybridized carbons (Fsp3) is 0.333. The third-order valence-electron chi connectivity index (χ3n) is 4.49. The van der Waals surface area contributed by atoms with E-state index in [1.807, 2.05) is 0 Å². The molecule has 0 N–H and O–H groups in total. The molecule has 0 heterocycles. The van der Waals surface area contributed by atoms with E-state index in [4.69, 9.17) is 28.4 Å². The van der Waals surface area contributed by atoms with Gasteiger partial charge in [-0.25, -0.2) is 18.4 Å². The quantitative estimate of drug-likeness (QED) is 0.183. The SMILES string of the molecule is CCOC(=O)/C=C/[C@H](COc1ccc(F)cc1)OCO[C@@H](/C=C/C(=O)OCC)COc1ccc(F)cc1. The number of halogens is 2. The van der Waals surface area contributed by atoms with E-state index in [1.54, 1.807) is 13.8 Å². The predicted octanol–water partition coefficient (Wildman–Crippen LogP) is 4.39. The summed E-state index contributed by atoms with van der Waals surface area (Å²) < 4.78 is 58.6. The zero-order chi connectivity index (χ0) is 26.9. The Labute approximate surface area is 214 Å². The zero-order valence-corrected chi connectivity index (χ0v) is 20.6. The molecule has 37 heavy (non-hydrogen) atoms. The summed E-state index contributed by atoms with van der Waals surface area (Å²) >= 11 is 0. The predicted molar refractivity (Wildman–Crippen MR) is 130 cm³/mol. The second-order valence-electron chi connectivity index (χ2n) is 7.28. The van der Waals surface area contributed by atoms with Gasteiger partial charge in [-0.05, 0) is 74.5 Å². The van der Waals surface area contributed by atoms with Gasteiger partial charge in [0, 0.05) is 12.2 Å². The first-order chi connectivity index (χ1) is 17.9. The first-order valence-corrected chi connectivity index (χ1v) is 11.6. The van der Waals surface area contributed by atoms with Crippen molar-refractivity contribution < 1.29 is 46.8 Å². The van der Waals surface area contributed by atoms with Crippen LogP contribution in [0, 0.1) is 11.6 Å². The molecule has 0 aliphatic rings. The Morgan fingerprint density at radius 2 is 1.08 bits per heavy atom. The number of benzene rings is 2. The monoisotopic (exact) mass is 520 g/mol. The van der Waals surface area contributed by atoms with Crippen LogP contribution in [0.4, 0.5) is 8.78 Å². The third-order valence-corrected chi connectivity index (χ3v) is 4.49. The lowest BCUT2D eigenvalue weighted by Crippen LogP contribution is -2.26. The lowest BCUT2D eigenvalue weighted by molar-refractivity contribution is -0.138. The van der Waals surface area contributed by atoms with Crippen molar-refractivity contribution >= 4 is 11.9 Å². The summed E-state index contributed by atoms with van der Waals surface area (Å²) in [7, 11) is 0. The van der Waals surface area contributed by atoms with Crippen LogP contribution in [-0.4, -0.2) is 57.4 Å². The Bertz CT molecular complexity index is 925. The minimum Gasteiger partial charge on any atom is -0.491 e. The number of carbonyl (C=O) groups excluding carboxylic acids is 2. The number of hydrogen-bond acceptors (Lipinski definition) is 8. The molecule has 0 spiro atoms. The van der Waals surface area contributed by atoms with Crippen LogP contribution in [0.5, 0.6) is 11.5 Å². The van der Waals surface area contributed by atoms with Gasteiger partial charge in [0.25, 0.3) is 0 Å². The third kappa shape index (κ3) is 12.7. The van der Waals surface area contributed by atoms with Crippen LogP contribution in [-0.2, 0) is 28.5 Å². The van der Waals surface area contributed by atoms with Crippen molar-refractivity contribution in [2.75, 3.05) is 33.2 Å². The van der Waals surface area contributed by atoms with Gasteiger partial charge in [0.1, 0.15) is 55.3 Å². The first kappa shape index (κ1) is 29.5. The molecular weight excluding hydrogens is 490 g/mol. The van der Waals surface area contributed by atoms with Gasteiger partial charge >= 0.3 is 11.9 Å². The van der Waals surface area contributed by atoms with Crippen LogP contribution >= 0.6 is 0 Å². The van der Waals surface area contributed by atoms with Crippen LogP contribution in [0.1, 0.15) is 13.8 Å². The highest BCUT2D eigenvalue weighted by molar-refractivity contribution is 5.82. The molecule has 2 rings (SSSR count). The smallest absolute Gasteiger partial charge is 0.330 e. The van der Waals surface area contributed by atoms with Gasteiger partial charge in [-0.2, -0.15) is 0 Å². The van der Waals surface area contributed by atoms with E-state index in [0.717, 1.165) is 0 Å². The van der Waals surface area contributed by atoms with Gasteiger partial charge in [-0.3, -0.25) is 0 Å². The molecule has 200 valence electrons. The van der Waals surface area contributed by atoms with E-state index < -0.39 is 35.8 Å². The van der Waals surface area contributed by atoms with Gasteiger partial charge in [0.2, 0.25) is 0 Å². The molecule has 2 atom stereocenters. The van der Waals surface area contributed by atoms with E-state index in [1.165, 1.54) is 72.8 Å². The van der Waals surface area contributed by atoms with Crippen LogP contribution in [0.25, 0.3) is 0 Å². The van der Waals surface area contributed by atoms with Crippen molar-refractivity contribution in [1.82, 2.24) is 0 Å². The highest BCUT2D eigenvalue weighted by Crippen LogP contribution is 2.14. The summed E-state index contributed by atoms with van der Waals surface area (Å²) in [4.78, 5) is 23.4. The summed E-state index contributed by atoms with van der Waals surface area (Å²) in [6.07, 6.45) is 3.84. The van der Waals surface area contributed by atoms with Gasteiger partial charge < -0.3 is 28.4 Å². The number of carbonyl (C=O) groups is 2. The van der Waals surface area contributed by atoms with E-state index in [2.05, 4.69) is 0 Å². The number of ether oxygens (including phenoxy) is 6. The Kier molecular flexibility index (Phi) is 13.4. The molecule has 2 aromatic carbocycles. The maximum absolute atomic E-state index is 13.1. The van der Waals surface area contributed by atoms with Crippen LogP contribution in [0.2, 0.25) is 0 Å². The normalized spacial score (nSPS) is 12.9. The molecule has 0 amide bonds. The Balaban J connectivity index is 1.99. The van der Waals surface area contributed by atoms with Gasteiger partial charge in [-0.1, -0.05) is 0 Å². The molecule has 10 heteroatoms. The molecule has 0 saturated carbocycles. The topological polar surface area (TPSA) is 89.5 Å². The standard InChI is InChI=1S/C27H30F2O8/c1-3-32-26(30)15-13-24(17-34-22-9-5-20(28)6-10-22)36-19-37-25(14-16-27(31)33-4-2)18-35-23-11-7-21(29)8-12-23/h5-16,24-25H,3-4,17-19H2,1-2H3/b15-13+,16-14+/t24-,25+. The molecule has 2 aromatic rings. The van der Waals surface area contributed by atoms with E-state index in [9.17, 15) is 18.4 Å². The van der Waals surface area contributed by atoms with Gasteiger partial charge in [-0.15, -0.1) is 0 Å². The molecule has 0 aromatic heterocycles. The molecule has 0 unspecified atom stereocenters. The van der Waals surface area contributed by atoms with Crippen LogP contribution < -0.4 is 9.47 Å². The molecular formula is C27H30F2O8. The number of esters is 2. The number of rotatable bonds is 16. The van der Waals surface area contributed by atoms with Crippen molar-refractivity contribution in [2.45, 2.75) is 26.1 Å². The lowest BCUT2D eigenvalue weighted by Gasteiger charge is -2.19. The van der Waals surface area contributed by atoms with Crippen molar-refractivity contribution in [3.05, 3.63) is 84.5 Å². The molecule has 0 saturated heterocycles. The summed E-state index contributed by atoms with van der Waals surface area (Å²) in [5.74, 6) is -1.10. The van der Waals surface area contributed by atoms with Crippen molar-refractivity contribution in [2.24, 2.45) is 0 Å². The van der Waals surface area contributed by atoms with Crippen molar-refractivity contribution in [3.63, 3.8) is 0 Å². The lowest BCUT2D eigenvalue weighted by atomic mass is 10.3. The summed E-state index contributed by atoms with van der Waals surface area (Å²) in [5, 5.41) is 0. The summed E-state index contributed by atoms with van der Waals surface area (Å²) in [5.41, 5.74) is 0. The minimum absolute atomic E-state index is 0.0136. The largest absolute Gasteiger partial charge is 0.491 e. The van der Waals surface area contributed by atoms with Crippen molar-refractivity contribution in [1.29, 1.82) is 0 Å². The van der Waals surface area contributed by atoms with Gasteiger partial charge in [0.15, 0.2) is 0 Å². The zero-order valence-electron chi connectivity index (χ0n) is 20.6. The van der Waals surface area contributed by atoms with E-state index in [-0.39, 0.29) is 33.2 Å². The van der Waals surface area contributed by atoms with E-state index >= 15 is 0 Å². The molecule has 0 fully saturated rings. The Morgan fingerprint density at radius 3 is 1.43 bits per heavy atom. The Morgan fingerprint density at radius 1 is 0.703 bits per heavy atom. The Hall–Kier alpha value is -3.76. The first-order valence-electron chi connectivity index (χ1n) is 11.6. The number of hydrogen-bond donors (Lipinski definition) is 0. The van der Waals surface area contributed by atoms with Crippen molar-refractivity contribution in [3.8, 4) is 11.5 Å². The highest BCUT2D eigenvalue weighted by atomic mass is 19.1. The van der Waals surface area contributed by atoms with Crippen LogP contribution in [0.3, 0.4) is 0 Å². The average Bonchev–Trinajstić information content (AvgIpc) is 2.88. The fourth-order valence-electron chi connectivity index (χ4n) is 2.70. The second kappa shape index (κ2) is 16.8. The molecule has 0 aliphatic carbocycles. The van der Waals surface area contributed by atoms with Gasteiger partial charge in [0.05, 0.1) is 13.2 Å².